The normalized spacial score (nSPS) is 25.8. The predicted molar refractivity (Wildman–Crippen MR) is 76.1 cm³/mol. The summed E-state index contributed by atoms with van der Waals surface area (Å²) in [4.78, 5) is 6.86. The van der Waals surface area contributed by atoms with Crippen LogP contribution < -0.4 is 0 Å². The Morgan fingerprint density at radius 3 is 2.74 bits per heavy atom. The number of nitrogens with zero attached hydrogens (tertiary/aromatic N) is 2. The molecule has 0 N–H and O–H groups in total. The molecule has 19 heavy (non-hydrogen) atoms. The maximum atomic E-state index is 5.49. The third-order valence-electron chi connectivity index (χ3n) is 4.60. The zero-order valence-corrected chi connectivity index (χ0v) is 11.6. The SMILES string of the molecule is c1cc(CC[C@H]2CCCN2C2CCOCC2)ccn1. The van der Waals surface area contributed by atoms with Crippen molar-refractivity contribution in [3.63, 3.8) is 0 Å². The van der Waals surface area contributed by atoms with Crippen molar-refractivity contribution in [2.24, 2.45) is 0 Å². The molecule has 1 aromatic heterocycles. The topological polar surface area (TPSA) is 25.4 Å². The molecule has 104 valence electrons. The van der Waals surface area contributed by atoms with Gasteiger partial charge in [-0.2, -0.15) is 0 Å². The maximum Gasteiger partial charge on any atom is 0.0480 e. The van der Waals surface area contributed by atoms with Crippen molar-refractivity contribution in [3.8, 4) is 0 Å². The Balaban J connectivity index is 1.54. The summed E-state index contributed by atoms with van der Waals surface area (Å²) in [6.07, 6.45) is 11.5. The number of ether oxygens (including phenoxy) is 1. The lowest BCUT2D eigenvalue weighted by molar-refractivity contribution is 0.0282. The molecule has 0 bridgehead atoms. The highest BCUT2D eigenvalue weighted by molar-refractivity contribution is 5.10. The molecule has 0 radical (unpaired) electrons. The fourth-order valence-electron chi connectivity index (χ4n) is 3.55. The first-order valence-electron chi connectivity index (χ1n) is 7.66. The largest absolute Gasteiger partial charge is 0.381 e. The third-order valence-corrected chi connectivity index (χ3v) is 4.60. The Labute approximate surface area is 116 Å². The van der Waals surface area contributed by atoms with Crippen LogP contribution in [-0.2, 0) is 11.2 Å². The van der Waals surface area contributed by atoms with Crippen LogP contribution in [0.4, 0.5) is 0 Å². The quantitative estimate of drug-likeness (QED) is 0.832. The molecule has 3 heteroatoms. The number of aromatic nitrogens is 1. The van der Waals surface area contributed by atoms with E-state index < -0.39 is 0 Å². The number of hydrogen-bond donors (Lipinski definition) is 0. The lowest BCUT2D eigenvalue weighted by Crippen LogP contribution is -2.42. The molecular weight excluding hydrogens is 236 g/mol. The molecular formula is C16H24N2O. The van der Waals surface area contributed by atoms with E-state index in [0.29, 0.717) is 0 Å². The van der Waals surface area contributed by atoms with Crippen molar-refractivity contribution >= 4 is 0 Å². The fourth-order valence-corrected chi connectivity index (χ4v) is 3.55. The molecule has 1 atom stereocenters. The summed E-state index contributed by atoms with van der Waals surface area (Å²) < 4.78 is 5.49. The van der Waals surface area contributed by atoms with Crippen LogP contribution in [-0.4, -0.2) is 41.7 Å². The molecule has 0 amide bonds. The van der Waals surface area contributed by atoms with Crippen LogP contribution in [0.3, 0.4) is 0 Å². The first-order valence-corrected chi connectivity index (χ1v) is 7.66. The fraction of sp³-hybridized carbons (Fsp3) is 0.688. The molecule has 3 heterocycles. The van der Waals surface area contributed by atoms with E-state index in [1.807, 2.05) is 12.4 Å². The number of likely N-dealkylation sites (tertiary alicyclic amines) is 1. The van der Waals surface area contributed by atoms with Gasteiger partial charge in [-0.15, -0.1) is 0 Å². The molecule has 0 saturated carbocycles. The number of aryl methyl sites for hydroxylation is 1. The van der Waals surface area contributed by atoms with Crippen molar-refractivity contribution in [2.75, 3.05) is 19.8 Å². The van der Waals surface area contributed by atoms with Gasteiger partial charge in [0.1, 0.15) is 0 Å². The van der Waals surface area contributed by atoms with Crippen molar-refractivity contribution in [1.82, 2.24) is 9.88 Å². The lowest BCUT2D eigenvalue weighted by Gasteiger charge is -2.35. The molecule has 0 spiro atoms. The van der Waals surface area contributed by atoms with E-state index in [9.17, 15) is 0 Å². The molecule has 2 fully saturated rings. The van der Waals surface area contributed by atoms with Gasteiger partial charge in [0.25, 0.3) is 0 Å². The van der Waals surface area contributed by atoms with Crippen LogP contribution in [0.15, 0.2) is 24.5 Å². The summed E-state index contributed by atoms with van der Waals surface area (Å²) in [6.45, 7) is 3.21. The van der Waals surface area contributed by atoms with Gasteiger partial charge in [0.05, 0.1) is 0 Å². The van der Waals surface area contributed by atoms with Crippen LogP contribution >= 0.6 is 0 Å². The maximum absolute atomic E-state index is 5.49. The second kappa shape index (κ2) is 6.49. The van der Waals surface area contributed by atoms with Crippen LogP contribution in [0.25, 0.3) is 0 Å². The van der Waals surface area contributed by atoms with Gasteiger partial charge in [0.15, 0.2) is 0 Å². The van der Waals surface area contributed by atoms with Crippen molar-refractivity contribution in [1.29, 1.82) is 0 Å². The van der Waals surface area contributed by atoms with Gasteiger partial charge in [0.2, 0.25) is 0 Å². The average molecular weight is 260 g/mol. The van der Waals surface area contributed by atoms with Crippen LogP contribution in [0.5, 0.6) is 0 Å². The van der Waals surface area contributed by atoms with Gasteiger partial charge in [-0.05, 0) is 62.8 Å². The van der Waals surface area contributed by atoms with E-state index in [1.165, 1.54) is 50.6 Å². The molecule has 0 unspecified atom stereocenters. The van der Waals surface area contributed by atoms with Crippen molar-refractivity contribution < 1.29 is 4.74 Å². The second-order valence-electron chi connectivity index (χ2n) is 5.77. The number of pyridine rings is 1. The molecule has 2 aliphatic heterocycles. The minimum atomic E-state index is 0.777. The summed E-state index contributed by atoms with van der Waals surface area (Å²) in [6, 6.07) is 5.86. The van der Waals surface area contributed by atoms with Crippen LogP contribution in [0.2, 0.25) is 0 Å². The lowest BCUT2D eigenvalue weighted by atomic mass is 10.0. The van der Waals surface area contributed by atoms with Gasteiger partial charge < -0.3 is 4.74 Å². The monoisotopic (exact) mass is 260 g/mol. The molecule has 3 rings (SSSR count). The Bertz CT molecular complexity index is 376. The van der Waals surface area contributed by atoms with Gasteiger partial charge in [-0.1, -0.05) is 0 Å². The third kappa shape index (κ3) is 3.34. The molecule has 1 aromatic rings. The number of rotatable bonds is 4. The summed E-state index contributed by atoms with van der Waals surface area (Å²) >= 11 is 0. The molecule has 0 aliphatic carbocycles. The Kier molecular flexibility index (Phi) is 4.46. The highest BCUT2D eigenvalue weighted by Gasteiger charge is 2.31. The molecule has 2 aliphatic rings. The minimum Gasteiger partial charge on any atom is -0.381 e. The predicted octanol–water partition coefficient (Wildman–Crippen LogP) is 2.66. The van der Waals surface area contributed by atoms with Crippen LogP contribution in [0.1, 0.15) is 37.7 Å². The highest BCUT2D eigenvalue weighted by Crippen LogP contribution is 2.27. The highest BCUT2D eigenvalue weighted by atomic mass is 16.5. The molecule has 2 saturated heterocycles. The molecule has 3 nitrogen and oxygen atoms in total. The van der Waals surface area contributed by atoms with Gasteiger partial charge in [-0.3, -0.25) is 9.88 Å². The average Bonchev–Trinajstić information content (AvgIpc) is 2.95. The van der Waals surface area contributed by atoms with E-state index in [4.69, 9.17) is 4.74 Å². The van der Waals surface area contributed by atoms with E-state index in [1.54, 1.807) is 0 Å². The Morgan fingerprint density at radius 1 is 1.16 bits per heavy atom. The van der Waals surface area contributed by atoms with E-state index in [2.05, 4.69) is 22.0 Å². The first-order chi connectivity index (χ1) is 9.43. The summed E-state index contributed by atoms with van der Waals surface area (Å²) in [5, 5.41) is 0. The first kappa shape index (κ1) is 13.1. The standard InChI is InChI=1S/C16H24N2O/c1-2-15(4-3-14-5-9-17-10-6-14)18(11-1)16-7-12-19-13-8-16/h5-6,9-10,15-16H,1-4,7-8,11-13H2/t15-/m1/s1. The summed E-state index contributed by atoms with van der Waals surface area (Å²) in [5.74, 6) is 0. The molecule has 0 aromatic carbocycles. The second-order valence-corrected chi connectivity index (χ2v) is 5.77. The van der Waals surface area contributed by atoms with Gasteiger partial charge in [0, 0.05) is 37.7 Å². The minimum absolute atomic E-state index is 0.777. The zero-order chi connectivity index (χ0) is 12.9. The smallest absolute Gasteiger partial charge is 0.0480 e. The van der Waals surface area contributed by atoms with E-state index in [-0.39, 0.29) is 0 Å². The Hall–Kier alpha value is -0.930. The summed E-state index contributed by atoms with van der Waals surface area (Å²) in [5.41, 5.74) is 1.42. The van der Waals surface area contributed by atoms with Gasteiger partial charge >= 0.3 is 0 Å². The van der Waals surface area contributed by atoms with Gasteiger partial charge in [-0.25, -0.2) is 0 Å². The van der Waals surface area contributed by atoms with Crippen molar-refractivity contribution in [2.45, 2.75) is 50.6 Å². The Morgan fingerprint density at radius 2 is 1.95 bits per heavy atom. The van der Waals surface area contributed by atoms with E-state index >= 15 is 0 Å². The number of hydrogen-bond acceptors (Lipinski definition) is 3. The van der Waals surface area contributed by atoms with E-state index in [0.717, 1.165) is 25.3 Å². The summed E-state index contributed by atoms with van der Waals surface area (Å²) in [7, 11) is 0. The zero-order valence-electron chi connectivity index (χ0n) is 11.6. The van der Waals surface area contributed by atoms with Crippen LogP contribution in [0, 0.1) is 0 Å². The van der Waals surface area contributed by atoms with Crippen molar-refractivity contribution in [3.05, 3.63) is 30.1 Å².